The van der Waals surface area contributed by atoms with E-state index in [0.717, 1.165) is 32.5 Å². The zero-order valence-corrected chi connectivity index (χ0v) is 16.6. The molecule has 5 nitrogen and oxygen atoms in total. The maximum absolute atomic E-state index is 12.5. The van der Waals surface area contributed by atoms with Crippen molar-refractivity contribution in [3.63, 3.8) is 0 Å². The molecule has 0 aliphatic rings. The van der Waals surface area contributed by atoms with Crippen molar-refractivity contribution in [1.82, 2.24) is 20.1 Å². The highest BCUT2D eigenvalue weighted by molar-refractivity contribution is 7.11. The van der Waals surface area contributed by atoms with Gasteiger partial charge < -0.3 is 5.32 Å². The lowest BCUT2D eigenvalue weighted by molar-refractivity contribution is 0.0939. The van der Waals surface area contributed by atoms with Gasteiger partial charge in [-0.15, -0.1) is 11.3 Å². The van der Waals surface area contributed by atoms with Gasteiger partial charge in [0.05, 0.1) is 29.0 Å². The number of nitrogens with one attached hydrogen (secondary N) is 1. The number of aryl methyl sites for hydroxylation is 4. The van der Waals surface area contributed by atoms with Gasteiger partial charge in [-0.2, -0.15) is 5.10 Å². The number of carbonyl (C=O) groups excluding carboxylic acids is 1. The minimum Gasteiger partial charge on any atom is -0.344 e. The molecule has 1 aromatic carbocycles. The van der Waals surface area contributed by atoms with E-state index in [4.69, 9.17) is 0 Å². The van der Waals surface area contributed by atoms with Gasteiger partial charge in [-0.25, -0.2) is 4.98 Å². The summed E-state index contributed by atoms with van der Waals surface area (Å²) >= 11 is 1.66. The summed E-state index contributed by atoms with van der Waals surface area (Å²) in [5.74, 6) is -0.0831. The molecule has 0 radical (unpaired) electrons. The molecule has 3 rings (SSSR count). The topological polar surface area (TPSA) is 59.8 Å². The van der Waals surface area contributed by atoms with Crippen molar-refractivity contribution in [2.75, 3.05) is 0 Å². The van der Waals surface area contributed by atoms with Gasteiger partial charge in [-0.3, -0.25) is 9.48 Å². The highest BCUT2D eigenvalue weighted by atomic mass is 32.1. The summed E-state index contributed by atoms with van der Waals surface area (Å²) in [6.45, 7) is 10.7. The SMILES string of the molecule is Cc1cc(C)n(Cc2ccc(C(=O)NC(C)c3nc(C)sc3C)cc2)n1. The lowest BCUT2D eigenvalue weighted by Crippen LogP contribution is -2.27. The first-order valence-electron chi connectivity index (χ1n) is 8.68. The Morgan fingerprint density at radius 2 is 1.88 bits per heavy atom. The lowest BCUT2D eigenvalue weighted by Gasteiger charge is -2.13. The summed E-state index contributed by atoms with van der Waals surface area (Å²) in [4.78, 5) is 18.2. The molecule has 6 heteroatoms. The Morgan fingerprint density at radius 3 is 2.42 bits per heavy atom. The Balaban J connectivity index is 1.67. The molecule has 3 aromatic rings. The normalized spacial score (nSPS) is 12.2. The van der Waals surface area contributed by atoms with Crippen molar-refractivity contribution in [2.45, 2.75) is 47.2 Å². The number of nitrogens with zero attached hydrogens (tertiary/aromatic N) is 3. The third kappa shape index (κ3) is 4.02. The minimum absolute atomic E-state index is 0.0831. The van der Waals surface area contributed by atoms with E-state index < -0.39 is 0 Å². The number of hydrogen-bond donors (Lipinski definition) is 1. The molecule has 26 heavy (non-hydrogen) atoms. The molecule has 0 saturated carbocycles. The molecule has 1 N–H and O–H groups in total. The smallest absolute Gasteiger partial charge is 0.251 e. The molecule has 0 fully saturated rings. The maximum Gasteiger partial charge on any atom is 0.251 e. The molecule has 0 bridgehead atoms. The van der Waals surface area contributed by atoms with E-state index in [9.17, 15) is 4.79 Å². The first-order chi connectivity index (χ1) is 12.3. The van der Waals surface area contributed by atoms with E-state index in [-0.39, 0.29) is 11.9 Å². The fourth-order valence-corrected chi connectivity index (χ4v) is 3.98. The van der Waals surface area contributed by atoms with Crippen LogP contribution >= 0.6 is 11.3 Å². The number of rotatable bonds is 5. The molecule has 1 amide bonds. The third-order valence-electron chi connectivity index (χ3n) is 4.35. The summed E-state index contributed by atoms with van der Waals surface area (Å²) in [6, 6.07) is 9.64. The van der Waals surface area contributed by atoms with Gasteiger partial charge in [0.2, 0.25) is 0 Å². The predicted octanol–water partition coefficient (Wildman–Crippen LogP) is 4.11. The Morgan fingerprint density at radius 1 is 1.19 bits per heavy atom. The number of hydrogen-bond acceptors (Lipinski definition) is 4. The van der Waals surface area contributed by atoms with Crippen LogP contribution in [-0.4, -0.2) is 20.7 Å². The van der Waals surface area contributed by atoms with E-state index in [1.165, 1.54) is 0 Å². The average Bonchev–Trinajstić information content (AvgIpc) is 3.08. The highest BCUT2D eigenvalue weighted by Gasteiger charge is 2.16. The number of thiazole rings is 1. The van der Waals surface area contributed by atoms with Crippen molar-refractivity contribution in [1.29, 1.82) is 0 Å². The van der Waals surface area contributed by atoms with Crippen molar-refractivity contribution in [2.24, 2.45) is 0 Å². The molecule has 1 unspecified atom stereocenters. The van der Waals surface area contributed by atoms with Gasteiger partial charge in [0.25, 0.3) is 5.91 Å². The first-order valence-corrected chi connectivity index (χ1v) is 9.50. The average molecular weight is 369 g/mol. The highest BCUT2D eigenvalue weighted by Crippen LogP contribution is 2.22. The van der Waals surface area contributed by atoms with E-state index >= 15 is 0 Å². The molecular weight excluding hydrogens is 344 g/mol. The molecule has 0 saturated heterocycles. The van der Waals surface area contributed by atoms with Gasteiger partial charge in [0.15, 0.2) is 0 Å². The Bertz CT molecular complexity index is 924. The van der Waals surface area contributed by atoms with Crippen LogP contribution in [0.4, 0.5) is 0 Å². The molecular formula is C20H24N4OS. The summed E-state index contributed by atoms with van der Waals surface area (Å²) in [6.07, 6.45) is 0. The van der Waals surface area contributed by atoms with Crippen molar-refractivity contribution in [3.8, 4) is 0 Å². The quantitative estimate of drug-likeness (QED) is 0.737. The van der Waals surface area contributed by atoms with Crippen LogP contribution in [0, 0.1) is 27.7 Å². The van der Waals surface area contributed by atoms with E-state index in [1.54, 1.807) is 11.3 Å². The van der Waals surface area contributed by atoms with Gasteiger partial charge in [0, 0.05) is 16.1 Å². The Kier molecular flexibility index (Phi) is 5.23. The zero-order valence-electron chi connectivity index (χ0n) is 15.8. The first kappa shape index (κ1) is 18.3. The van der Waals surface area contributed by atoms with Crippen molar-refractivity contribution in [3.05, 3.63) is 68.4 Å². The number of aromatic nitrogens is 3. The van der Waals surface area contributed by atoms with Crippen LogP contribution in [0.3, 0.4) is 0 Å². The van der Waals surface area contributed by atoms with Gasteiger partial charge >= 0.3 is 0 Å². The summed E-state index contributed by atoms with van der Waals surface area (Å²) in [5, 5.41) is 8.53. The van der Waals surface area contributed by atoms with Gasteiger partial charge in [-0.05, 0) is 58.4 Å². The molecule has 2 heterocycles. The van der Waals surface area contributed by atoms with Crippen LogP contribution in [0.25, 0.3) is 0 Å². The Hall–Kier alpha value is -2.47. The molecule has 0 spiro atoms. The van der Waals surface area contributed by atoms with Crippen LogP contribution in [0.5, 0.6) is 0 Å². The maximum atomic E-state index is 12.5. The third-order valence-corrected chi connectivity index (χ3v) is 5.25. The molecule has 0 aliphatic carbocycles. The summed E-state index contributed by atoms with van der Waals surface area (Å²) in [7, 11) is 0. The lowest BCUT2D eigenvalue weighted by atomic mass is 10.1. The summed E-state index contributed by atoms with van der Waals surface area (Å²) in [5.41, 5.74) is 4.86. The second kappa shape index (κ2) is 7.41. The molecule has 1 atom stereocenters. The fourth-order valence-electron chi connectivity index (χ4n) is 3.06. The number of carbonyl (C=O) groups is 1. The monoisotopic (exact) mass is 368 g/mol. The van der Waals surface area contributed by atoms with Crippen LogP contribution in [0.2, 0.25) is 0 Å². The van der Waals surface area contributed by atoms with E-state index in [0.29, 0.717) is 12.1 Å². The second-order valence-electron chi connectivity index (χ2n) is 6.65. The van der Waals surface area contributed by atoms with Crippen LogP contribution < -0.4 is 5.32 Å². The van der Waals surface area contributed by atoms with Crippen molar-refractivity contribution < 1.29 is 4.79 Å². The number of amides is 1. The fraction of sp³-hybridized carbons (Fsp3) is 0.350. The van der Waals surface area contributed by atoms with Crippen molar-refractivity contribution >= 4 is 17.2 Å². The minimum atomic E-state index is -0.109. The largest absolute Gasteiger partial charge is 0.344 e. The van der Waals surface area contributed by atoms with Crippen LogP contribution in [0.15, 0.2) is 30.3 Å². The zero-order chi connectivity index (χ0) is 18.8. The summed E-state index contributed by atoms with van der Waals surface area (Å²) < 4.78 is 1.97. The van der Waals surface area contributed by atoms with Crippen LogP contribution in [0.1, 0.15) is 55.9 Å². The number of benzene rings is 1. The molecule has 136 valence electrons. The second-order valence-corrected chi connectivity index (χ2v) is 8.06. The van der Waals surface area contributed by atoms with E-state index in [2.05, 4.69) is 21.5 Å². The van der Waals surface area contributed by atoms with Gasteiger partial charge in [0.1, 0.15) is 0 Å². The van der Waals surface area contributed by atoms with Crippen LogP contribution in [-0.2, 0) is 6.54 Å². The predicted molar refractivity (Wildman–Crippen MR) is 105 cm³/mol. The van der Waals surface area contributed by atoms with E-state index in [1.807, 2.05) is 63.6 Å². The molecule has 2 aromatic heterocycles. The standard InChI is InChI=1S/C20H24N4OS/c1-12-10-13(2)24(23-12)11-17-6-8-18(9-7-17)20(25)21-14(3)19-15(4)26-16(5)22-19/h6-10,14H,11H2,1-5H3,(H,21,25). The van der Waals surface area contributed by atoms with Gasteiger partial charge in [-0.1, -0.05) is 12.1 Å². The molecule has 0 aliphatic heterocycles. The Labute approximate surface area is 158 Å².